The van der Waals surface area contributed by atoms with Crippen molar-refractivity contribution in [3.05, 3.63) is 113 Å². The quantitative estimate of drug-likeness (QED) is 0.104. The zero-order valence-corrected chi connectivity index (χ0v) is 20.1. The van der Waals surface area contributed by atoms with Crippen LogP contribution in [0.1, 0.15) is 11.1 Å². The van der Waals surface area contributed by atoms with Gasteiger partial charge in [0.05, 0.1) is 10.7 Å². The number of halogens is 1. The van der Waals surface area contributed by atoms with E-state index in [1.54, 1.807) is 30.3 Å². The third-order valence-corrected chi connectivity index (χ3v) is 5.72. The number of hydrogen-bond donors (Lipinski definition) is 1. The summed E-state index contributed by atoms with van der Waals surface area (Å²) < 4.78 is 11.7. The van der Waals surface area contributed by atoms with Gasteiger partial charge in [0, 0.05) is 6.08 Å². The van der Waals surface area contributed by atoms with Crippen LogP contribution in [0.25, 0.3) is 16.8 Å². The zero-order valence-electron chi connectivity index (χ0n) is 18.6. The molecule has 0 bridgehead atoms. The first-order valence-corrected chi connectivity index (χ1v) is 11.5. The molecular weight excluding hydrogens is 508 g/mol. The summed E-state index contributed by atoms with van der Waals surface area (Å²) in [6, 6.07) is 27.9. The molecule has 0 aromatic heterocycles. The molecule has 4 aromatic carbocycles. The Hall–Kier alpha value is -4.23. The van der Waals surface area contributed by atoms with Crippen molar-refractivity contribution < 1.29 is 19.1 Å². The van der Waals surface area contributed by atoms with Gasteiger partial charge in [-0.2, -0.15) is 5.10 Å². The van der Waals surface area contributed by atoms with Crippen molar-refractivity contribution in [1.82, 2.24) is 5.43 Å². The molecule has 0 atom stereocenters. The van der Waals surface area contributed by atoms with Crippen LogP contribution in [0.4, 0.5) is 0 Å². The Morgan fingerprint density at radius 3 is 2.40 bits per heavy atom. The smallest absolute Gasteiger partial charge is 0.336 e. The van der Waals surface area contributed by atoms with Gasteiger partial charge in [-0.1, -0.05) is 60.7 Å². The number of hydrogen-bond acceptors (Lipinski definition) is 5. The third kappa shape index (κ3) is 6.88. The molecule has 0 aliphatic rings. The van der Waals surface area contributed by atoms with Crippen LogP contribution in [0, 0.1) is 0 Å². The molecule has 7 heteroatoms. The largest absolute Gasteiger partial charge is 0.483 e. The molecule has 35 heavy (non-hydrogen) atoms. The average Bonchev–Trinajstić information content (AvgIpc) is 2.89. The zero-order chi connectivity index (χ0) is 24.5. The van der Waals surface area contributed by atoms with Crippen LogP contribution < -0.4 is 14.9 Å². The number of nitrogens with one attached hydrogen (secondary N) is 1. The lowest BCUT2D eigenvalue weighted by Gasteiger charge is -2.09. The van der Waals surface area contributed by atoms with Gasteiger partial charge in [-0.3, -0.25) is 4.79 Å². The number of rotatable bonds is 8. The summed E-state index contributed by atoms with van der Waals surface area (Å²) in [4.78, 5) is 24.1. The third-order valence-electron chi connectivity index (χ3n) is 4.90. The van der Waals surface area contributed by atoms with E-state index in [4.69, 9.17) is 9.47 Å². The Balaban J connectivity index is 1.24. The standard InChI is InChI=1S/C28H21BrN2O4/c29-28-24-9-5-4-8-22(24)13-16-25(28)34-19-26(32)31-30-18-21-10-14-23(15-11-21)35-27(33)17-12-20-6-2-1-3-7-20/h1-18H,19H2,(H,31,32)/b17-12+,30-18-. The molecule has 0 saturated heterocycles. The molecule has 0 spiro atoms. The van der Waals surface area contributed by atoms with Gasteiger partial charge >= 0.3 is 5.97 Å². The van der Waals surface area contributed by atoms with Gasteiger partial charge in [0.2, 0.25) is 0 Å². The first kappa shape index (κ1) is 23.9. The summed E-state index contributed by atoms with van der Waals surface area (Å²) in [5, 5.41) is 6.02. The summed E-state index contributed by atoms with van der Waals surface area (Å²) in [5.74, 6) is 0.118. The Morgan fingerprint density at radius 2 is 1.60 bits per heavy atom. The second kappa shape index (κ2) is 11.8. The number of amides is 1. The molecule has 0 unspecified atom stereocenters. The lowest BCUT2D eigenvalue weighted by molar-refractivity contribution is -0.129. The first-order chi connectivity index (χ1) is 17.1. The van der Waals surface area contributed by atoms with Crippen molar-refractivity contribution in [2.24, 2.45) is 5.10 Å². The molecule has 4 rings (SSSR count). The topological polar surface area (TPSA) is 77.0 Å². The Morgan fingerprint density at radius 1 is 0.857 bits per heavy atom. The van der Waals surface area contributed by atoms with Gasteiger partial charge in [0.15, 0.2) is 6.61 Å². The second-order valence-electron chi connectivity index (χ2n) is 7.41. The monoisotopic (exact) mass is 528 g/mol. The van der Waals surface area contributed by atoms with Crippen LogP contribution in [0.5, 0.6) is 11.5 Å². The number of nitrogens with zero attached hydrogens (tertiary/aromatic N) is 1. The highest BCUT2D eigenvalue weighted by molar-refractivity contribution is 9.10. The SMILES string of the molecule is O=C(COc1ccc2ccccc2c1Br)N/N=C\c1ccc(OC(=O)/C=C/c2ccccc2)cc1. The van der Waals surface area contributed by atoms with Crippen LogP contribution in [-0.4, -0.2) is 24.7 Å². The van der Waals surface area contributed by atoms with Crippen molar-refractivity contribution in [2.75, 3.05) is 6.61 Å². The van der Waals surface area contributed by atoms with Crippen LogP contribution in [0.15, 0.2) is 107 Å². The normalized spacial score (nSPS) is 11.1. The number of ether oxygens (including phenoxy) is 2. The number of hydrazone groups is 1. The van der Waals surface area contributed by atoms with Gasteiger partial charge < -0.3 is 9.47 Å². The fourth-order valence-corrected chi connectivity index (χ4v) is 3.79. The van der Waals surface area contributed by atoms with E-state index in [2.05, 4.69) is 26.5 Å². The van der Waals surface area contributed by atoms with Crippen LogP contribution >= 0.6 is 15.9 Å². The van der Waals surface area contributed by atoms with Crippen molar-refractivity contribution in [2.45, 2.75) is 0 Å². The van der Waals surface area contributed by atoms with Gasteiger partial charge in [0.1, 0.15) is 11.5 Å². The Bertz CT molecular complexity index is 1380. The van der Waals surface area contributed by atoms with E-state index in [9.17, 15) is 9.59 Å². The molecule has 0 fully saturated rings. The summed E-state index contributed by atoms with van der Waals surface area (Å²) >= 11 is 3.53. The molecule has 1 amide bonds. The number of esters is 1. The molecule has 0 saturated carbocycles. The van der Waals surface area contributed by atoms with Crippen LogP contribution in [0.3, 0.4) is 0 Å². The molecule has 4 aromatic rings. The average molecular weight is 529 g/mol. The van der Waals surface area contributed by atoms with E-state index in [0.717, 1.165) is 26.4 Å². The highest BCUT2D eigenvalue weighted by atomic mass is 79.9. The van der Waals surface area contributed by atoms with Crippen LogP contribution in [0.2, 0.25) is 0 Å². The second-order valence-corrected chi connectivity index (χ2v) is 8.21. The lowest BCUT2D eigenvalue weighted by Crippen LogP contribution is -2.24. The van der Waals surface area contributed by atoms with E-state index in [1.165, 1.54) is 12.3 Å². The Labute approximate surface area is 211 Å². The maximum absolute atomic E-state index is 12.1. The van der Waals surface area contributed by atoms with E-state index in [0.29, 0.717) is 11.5 Å². The minimum Gasteiger partial charge on any atom is -0.483 e. The molecule has 174 valence electrons. The van der Waals surface area contributed by atoms with Gasteiger partial charge in [0.25, 0.3) is 5.91 Å². The summed E-state index contributed by atoms with van der Waals surface area (Å²) in [6.07, 6.45) is 4.55. The van der Waals surface area contributed by atoms with Gasteiger partial charge in [-0.15, -0.1) is 0 Å². The number of benzene rings is 4. The van der Waals surface area contributed by atoms with E-state index in [1.807, 2.05) is 66.7 Å². The molecule has 0 heterocycles. The Kier molecular flexibility index (Phi) is 8.04. The maximum Gasteiger partial charge on any atom is 0.336 e. The molecule has 6 nitrogen and oxygen atoms in total. The van der Waals surface area contributed by atoms with Crippen molar-refractivity contribution in [1.29, 1.82) is 0 Å². The fourth-order valence-electron chi connectivity index (χ4n) is 3.18. The summed E-state index contributed by atoms with van der Waals surface area (Å²) in [5.41, 5.74) is 4.07. The fraction of sp³-hybridized carbons (Fsp3) is 0.0357. The maximum atomic E-state index is 12.1. The predicted molar refractivity (Wildman–Crippen MR) is 140 cm³/mol. The van der Waals surface area contributed by atoms with Gasteiger partial charge in [-0.25, -0.2) is 10.2 Å². The number of carbonyl (C=O) groups excluding carboxylic acids is 2. The minimum absolute atomic E-state index is 0.181. The van der Waals surface area contributed by atoms with Crippen molar-refractivity contribution >= 4 is 50.9 Å². The molecular formula is C28H21BrN2O4. The van der Waals surface area contributed by atoms with E-state index >= 15 is 0 Å². The molecule has 0 aliphatic carbocycles. The molecule has 0 radical (unpaired) electrons. The first-order valence-electron chi connectivity index (χ1n) is 10.8. The van der Waals surface area contributed by atoms with E-state index < -0.39 is 11.9 Å². The highest BCUT2D eigenvalue weighted by Crippen LogP contribution is 2.32. The van der Waals surface area contributed by atoms with Crippen molar-refractivity contribution in [3.8, 4) is 11.5 Å². The molecule has 0 aliphatic heterocycles. The molecule has 1 N–H and O–H groups in total. The predicted octanol–water partition coefficient (Wildman–Crippen LogP) is 5.75. The highest BCUT2D eigenvalue weighted by Gasteiger charge is 2.08. The van der Waals surface area contributed by atoms with Crippen LogP contribution in [-0.2, 0) is 9.59 Å². The number of fused-ring (bicyclic) bond motifs is 1. The summed E-state index contributed by atoms with van der Waals surface area (Å²) in [6.45, 7) is -0.181. The van der Waals surface area contributed by atoms with Gasteiger partial charge in [-0.05, 0) is 74.2 Å². The van der Waals surface area contributed by atoms with Crippen molar-refractivity contribution in [3.63, 3.8) is 0 Å². The van der Waals surface area contributed by atoms with E-state index in [-0.39, 0.29) is 6.61 Å². The number of carbonyl (C=O) groups is 2. The minimum atomic E-state index is -0.472. The lowest BCUT2D eigenvalue weighted by atomic mass is 10.1. The summed E-state index contributed by atoms with van der Waals surface area (Å²) in [7, 11) is 0.